The average Bonchev–Trinajstić information content (AvgIpc) is 2.66. The summed E-state index contributed by atoms with van der Waals surface area (Å²) in [4.78, 5) is 24.5. The lowest BCUT2D eigenvalue weighted by Crippen LogP contribution is -2.24. The van der Waals surface area contributed by atoms with Crippen LogP contribution in [0.2, 0.25) is 5.02 Å². The summed E-state index contributed by atoms with van der Waals surface area (Å²) in [6.45, 7) is 0.238. The van der Waals surface area contributed by atoms with Crippen molar-refractivity contribution in [3.8, 4) is 11.5 Å². The van der Waals surface area contributed by atoms with Crippen molar-refractivity contribution in [1.82, 2.24) is 5.32 Å². The second kappa shape index (κ2) is 7.49. The highest BCUT2D eigenvalue weighted by Gasteiger charge is 2.13. The maximum Gasteiger partial charge on any atom is 0.287 e. The normalized spacial score (nSPS) is 10.6. The molecule has 0 atom stereocenters. The van der Waals surface area contributed by atoms with Crippen molar-refractivity contribution in [3.05, 3.63) is 69.0 Å². The van der Waals surface area contributed by atoms with E-state index < -0.39 is 5.91 Å². The Morgan fingerprint density at radius 1 is 1.08 bits per heavy atom. The summed E-state index contributed by atoms with van der Waals surface area (Å²) in [7, 11) is 3.09. The van der Waals surface area contributed by atoms with Gasteiger partial charge >= 0.3 is 0 Å². The first-order valence-electron chi connectivity index (χ1n) is 7.74. The number of carbonyl (C=O) groups excluding carboxylic acids is 1. The molecule has 0 fully saturated rings. The SMILES string of the molecule is COc1ccc(CNC(=O)c2cc(=O)c3cc(Cl)ccc3o2)cc1OC. The molecule has 0 spiro atoms. The van der Waals surface area contributed by atoms with Crippen LogP contribution in [0.4, 0.5) is 0 Å². The molecule has 1 aromatic heterocycles. The van der Waals surface area contributed by atoms with Gasteiger partial charge in [-0.15, -0.1) is 0 Å². The van der Waals surface area contributed by atoms with Gasteiger partial charge in [-0.05, 0) is 35.9 Å². The average molecular weight is 374 g/mol. The van der Waals surface area contributed by atoms with E-state index in [-0.39, 0.29) is 17.7 Å². The van der Waals surface area contributed by atoms with E-state index in [0.29, 0.717) is 27.5 Å². The molecule has 0 saturated heterocycles. The summed E-state index contributed by atoms with van der Waals surface area (Å²) in [5, 5.41) is 3.47. The summed E-state index contributed by atoms with van der Waals surface area (Å²) in [6.07, 6.45) is 0. The van der Waals surface area contributed by atoms with Crippen molar-refractivity contribution in [3.63, 3.8) is 0 Å². The Bertz CT molecular complexity index is 1030. The van der Waals surface area contributed by atoms with Crippen molar-refractivity contribution in [2.45, 2.75) is 6.54 Å². The molecule has 134 valence electrons. The quantitative estimate of drug-likeness (QED) is 0.741. The second-order valence-electron chi connectivity index (χ2n) is 5.49. The van der Waals surface area contributed by atoms with E-state index in [0.717, 1.165) is 11.6 Å². The lowest BCUT2D eigenvalue weighted by atomic mass is 10.2. The third-order valence-corrected chi connectivity index (χ3v) is 4.05. The fraction of sp³-hybridized carbons (Fsp3) is 0.158. The molecule has 0 bridgehead atoms. The Labute approximate surface area is 154 Å². The summed E-state index contributed by atoms with van der Waals surface area (Å²) < 4.78 is 15.9. The van der Waals surface area contributed by atoms with Crippen molar-refractivity contribution < 1.29 is 18.7 Å². The first-order valence-corrected chi connectivity index (χ1v) is 8.12. The number of halogens is 1. The zero-order valence-electron chi connectivity index (χ0n) is 14.2. The fourth-order valence-electron chi connectivity index (χ4n) is 2.50. The molecule has 26 heavy (non-hydrogen) atoms. The van der Waals surface area contributed by atoms with E-state index >= 15 is 0 Å². The van der Waals surface area contributed by atoms with Gasteiger partial charge in [0.15, 0.2) is 22.7 Å². The summed E-state index contributed by atoms with van der Waals surface area (Å²) in [5.74, 6) is 0.606. The van der Waals surface area contributed by atoms with Crippen LogP contribution in [0.3, 0.4) is 0 Å². The number of hydrogen-bond acceptors (Lipinski definition) is 5. The Hall–Kier alpha value is -2.99. The van der Waals surface area contributed by atoms with Gasteiger partial charge in [-0.25, -0.2) is 0 Å². The highest BCUT2D eigenvalue weighted by Crippen LogP contribution is 2.27. The van der Waals surface area contributed by atoms with E-state index in [4.69, 9.17) is 25.5 Å². The van der Waals surface area contributed by atoms with E-state index in [1.807, 2.05) is 0 Å². The molecule has 3 aromatic rings. The molecule has 1 N–H and O–H groups in total. The van der Waals surface area contributed by atoms with Gasteiger partial charge in [-0.3, -0.25) is 9.59 Å². The first kappa shape index (κ1) is 17.8. The van der Waals surface area contributed by atoms with Crippen LogP contribution in [0.25, 0.3) is 11.0 Å². The van der Waals surface area contributed by atoms with Crippen LogP contribution in [-0.2, 0) is 6.54 Å². The number of nitrogens with one attached hydrogen (secondary N) is 1. The molecule has 2 aromatic carbocycles. The number of amides is 1. The zero-order chi connectivity index (χ0) is 18.7. The molecule has 0 aliphatic heterocycles. The van der Waals surface area contributed by atoms with Gasteiger partial charge < -0.3 is 19.2 Å². The number of benzene rings is 2. The molecule has 3 rings (SSSR count). The van der Waals surface area contributed by atoms with Crippen LogP contribution in [-0.4, -0.2) is 20.1 Å². The molecule has 7 heteroatoms. The van der Waals surface area contributed by atoms with Gasteiger partial charge in [0, 0.05) is 17.6 Å². The smallest absolute Gasteiger partial charge is 0.287 e. The highest BCUT2D eigenvalue weighted by atomic mass is 35.5. The Balaban J connectivity index is 1.79. The first-order chi connectivity index (χ1) is 12.5. The van der Waals surface area contributed by atoms with Gasteiger partial charge in [-0.1, -0.05) is 17.7 Å². The molecule has 1 amide bonds. The lowest BCUT2D eigenvalue weighted by Gasteiger charge is -2.10. The van der Waals surface area contributed by atoms with Gasteiger partial charge in [0.2, 0.25) is 0 Å². The van der Waals surface area contributed by atoms with Crippen LogP contribution >= 0.6 is 11.6 Å². The number of ether oxygens (including phenoxy) is 2. The van der Waals surface area contributed by atoms with Crippen LogP contribution < -0.4 is 20.2 Å². The second-order valence-corrected chi connectivity index (χ2v) is 5.92. The maximum atomic E-state index is 12.3. The summed E-state index contributed by atoms with van der Waals surface area (Å²) >= 11 is 5.88. The predicted octanol–water partition coefficient (Wildman–Crippen LogP) is 3.39. The van der Waals surface area contributed by atoms with Crippen molar-refractivity contribution in [2.24, 2.45) is 0 Å². The van der Waals surface area contributed by atoms with E-state index in [2.05, 4.69) is 5.32 Å². The molecule has 0 aliphatic rings. The Morgan fingerprint density at radius 3 is 2.58 bits per heavy atom. The number of carbonyl (C=O) groups is 1. The van der Waals surface area contributed by atoms with Crippen molar-refractivity contribution in [1.29, 1.82) is 0 Å². The minimum Gasteiger partial charge on any atom is -0.493 e. The maximum absolute atomic E-state index is 12.3. The molecule has 0 unspecified atom stereocenters. The third kappa shape index (κ3) is 3.65. The van der Waals surface area contributed by atoms with Crippen LogP contribution in [0.15, 0.2) is 51.7 Å². The minimum absolute atomic E-state index is 0.0645. The highest BCUT2D eigenvalue weighted by molar-refractivity contribution is 6.31. The lowest BCUT2D eigenvalue weighted by molar-refractivity contribution is 0.0923. The largest absolute Gasteiger partial charge is 0.493 e. The van der Waals surface area contributed by atoms with Crippen LogP contribution in [0, 0.1) is 0 Å². The van der Waals surface area contributed by atoms with E-state index in [1.54, 1.807) is 37.4 Å². The topological polar surface area (TPSA) is 77.8 Å². The van der Waals surface area contributed by atoms with Gasteiger partial charge in [-0.2, -0.15) is 0 Å². The molecule has 0 saturated carbocycles. The number of fused-ring (bicyclic) bond motifs is 1. The van der Waals surface area contributed by atoms with E-state index in [9.17, 15) is 9.59 Å². The monoisotopic (exact) mass is 373 g/mol. The van der Waals surface area contributed by atoms with Crippen LogP contribution in [0.5, 0.6) is 11.5 Å². The molecular weight excluding hydrogens is 358 g/mol. The summed E-state index contributed by atoms with van der Waals surface area (Å²) in [6, 6.07) is 11.1. The molecular formula is C19H16ClNO5. The summed E-state index contributed by atoms with van der Waals surface area (Å²) in [5.41, 5.74) is 0.786. The Morgan fingerprint density at radius 2 is 1.85 bits per heavy atom. The van der Waals surface area contributed by atoms with Gasteiger partial charge in [0.1, 0.15) is 5.58 Å². The number of rotatable bonds is 5. The molecule has 0 radical (unpaired) electrons. The number of hydrogen-bond donors (Lipinski definition) is 1. The molecule has 1 heterocycles. The Kier molecular flexibility index (Phi) is 5.14. The minimum atomic E-state index is -0.492. The fourth-order valence-corrected chi connectivity index (χ4v) is 2.67. The third-order valence-electron chi connectivity index (χ3n) is 3.81. The van der Waals surface area contributed by atoms with Crippen LogP contribution in [0.1, 0.15) is 16.1 Å². The van der Waals surface area contributed by atoms with Crippen molar-refractivity contribution in [2.75, 3.05) is 14.2 Å². The molecule has 0 aliphatic carbocycles. The standard InChI is InChI=1S/C19H16ClNO5/c1-24-16-5-3-11(7-17(16)25-2)10-21-19(23)18-9-14(22)13-8-12(20)4-6-15(13)26-18/h3-9H,10H2,1-2H3,(H,21,23). The number of methoxy groups -OCH3 is 2. The van der Waals surface area contributed by atoms with Gasteiger partial charge in [0.05, 0.1) is 19.6 Å². The van der Waals surface area contributed by atoms with E-state index in [1.165, 1.54) is 13.2 Å². The molecule has 6 nitrogen and oxygen atoms in total. The van der Waals surface area contributed by atoms with Gasteiger partial charge in [0.25, 0.3) is 5.91 Å². The zero-order valence-corrected chi connectivity index (χ0v) is 14.9. The predicted molar refractivity (Wildman–Crippen MR) is 98.2 cm³/mol. The van der Waals surface area contributed by atoms with Crippen molar-refractivity contribution >= 4 is 28.5 Å².